The van der Waals surface area contributed by atoms with Crippen molar-refractivity contribution in [2.24, 2.45) is 4.99 Å². The third-order valence-electron chi connectivity index (χ3n) is 3.04. The fraction of sp³-hybridized carbons (Fsp3) is 0.400. The number of nitrogens with zero attached hydrogens (tertiary/aromatic N) is 3. The van der Waals surface area contributed by atoms with Crippen LogP contribution in [0.3, 0.4) is 0 Å². The summed E-state index contributed by atoms with van der Waals surface area (Å²) in [7, 11) is 1.74. The van der Waals surface area contributed by atoms with E-state index in [-0.39, 0.29) is 0 Å². The molecule has 0 amide bonds. The van der Waals surface area contributed by atoms with Gasteiger partial charge in [0.2, 0.25) is 5.89 Å². The highest BCUT2D eigenvalue weighted by Crippen LogP contribution is 2.09. The molecule has 0 aliphatic heterocycles. The molecule has 2 rings (SSSR count). The third-order valence-corrected chi connectivity index (χ3v) is 3.30. The fourth-order valence-electron chi connectivity index (χ4n) is 1.93. The minimum absolute atomic E-state index is 0.626. The predicted molar refractivity (Wildman–Crippen MR) is 87.3 cm³/mol. The normalized spacial score (nSPS) is 11.5. The first-order valence-electron chi connectivity index (χ1n) is 7.15. The van der Waals surface area contributed by atoms with Crippen molar-refractivity contribution in [3.05, 3.63) is 46.6 Å². The quantitative estimate of drug-likeness (QED) is 0.628. The molecule has 1 aromatic carbocycles. The summed E-state index contributed by atoms with van der Waals surface area (Å²) >= 11 is 5.87. The van der Waals surface area contributed by atoms with Gasteiger partial charge in [0.1, 0.15) is 0 Å². The number of rotatable bonds is 6. The summed E-state index contributed by atoms with van der Waals surface area (Å²) in [5, 5.41) is 11.0. The van der Waals surface area contributed by atoms with Crippen molar-refractivity contribution in [3.8, 4) is 0 Å². The Labute approximate surface area is 135 Å². The van der Waals surface area contributed by atoms with Crippen LogP contribution < -0.4 is 10.6 Å². The van der Waals surface area contributed by atoms with Crippen molar-refractivity contribution in [2.75, 3.05) is 20.1 Å². The molecule has 0 radical (unpaired) electrons. The smallest absolute Gasteiger partial charge is 0.228 e. The molecular weight excluding hydrogens is 302 g/mol. The summed E-state index contributed by atoms with van der Waals surface area (Å²) in [5.41, 5.74) is 1.23. The highest BCUT2D eigenvalue weighted by atomic mass is 35.5. The molecule has 118 valence electrons. The van der Waals surface area contributed by atoms with Crippen LogP contribution in [0, 0.1) is 6.92 Å². The van der Waals surface area contributed by atoms with Gasteiger partial charge >= 0.3 is 0 Å². The van der Waals surface area contributed by atoms with E-state index in [4.69, 9.17) is 16.1 Å². The SMILES string of the molecule is CN=C(NCCc1ccc(Cl)cc1)NCCc1nc(C)no1. The Morgan fingerprint density at radius 3 is 2.45 bits per heavy atom. The van der Waals surface area contributed by atoms with Crippen molar-refractivity contribution in [2.45, 2.75) is 19.8 Å². The lowest BCUT2D eigenvalue weighted by Gasteiger charge is -2.11. The Morgan fingerprint density at radius 1 is 1.18 bits per heavy atom. The maximum atomic E-state index is 5.87. The van der Waals surface area contributed by atoms with Crippen molar-refractivity contribution in [1.82, 2.24) is 20.8 Å². The first-order valence-corrected chi connectivity index (χ1v) is 7.53. The molecule has 1 aromatic heterocycles. The van der Waals surface area contributed by atoms with E-state index < -0.39 is 0 Å². The van der Waals surface area contributed by atoms with Crippen molar-refractivity contribution in [3.63, 3.8) is 0 Å². The second kappa shape index (κ2) is 8.38. The molecule has 2 N–H and O–H groups in total. The molecule has 6 nitrogen and oxygen atoms in total. The lowest BCUT2D eigenvalue weighted by molar-refractivity contribution is 0.374. The van der Waals surface area contributed by atoms with Gasteiger partial charge in [0, 0.05) is 31.6 Å². The number of hydrogen-bond donors (Lipinski definition) is 2. The molecular formula is C15H20ClN5O. The highest BCUT2D eigenvalue weighted by Gasteiger charge is 2.03. The summed E-state index contributed by atoms with van der Waals surface area (Å²) in [6, 6.07) is 7.85. The van der Waals surface area contributed by atoms with Gasteiger partial charge in [-0.3, -0.25) is 4.99 Å². The van der Waals surface area contributed by atoms with Crippen molar-refractivity contribution < 1.29 is 4.52 Å². The van der Waals surface area contributed by atoms with Gasteiger partial charge in [0.25, 0.3) is 0 Å². The Morgan fingerprint density at radius 2 is 1.86 bits per heavy atom. The van der Waals surface area contributed by atoms with E-state index in [2.05, 4.69) is 25.8 Å². The molecule has 7 heteroatoms. The molecule has 2 aromatic rings. The predicted octanol–water partition coefficient (Wildman–Crippen LogP) is 1.98. The molecule has 0 unspecified atom stereocenters. The zero-order valence-electron chi connectivity index (χ0n) is 12.8. The van der Waals surface area contributed by atoms with Gasteiger partial charge in [0.15, 0.2) is 11.8 Å². The van der Waals surface area contributed by atoms with Gasteiger partial charge in [-0.05, 0) is 31.0 Å². The van der Waals surface area contributed by atoms with Crippen LogP contribution in [-0.4, -0.2) is 36.2 Å². The first-order chi connectivity index (χ1) is 10.7. The number of aryl methyl sites for hydroxylation is 1. The Kier molecular flexibility index (Phi) is 6.21. The van der Waals surface area contributed by atoms with Crippen LogP contribution in [0.5, 0.6) is 0 Å². The van der Waals surface area contributed by atoms with Crippen LogP contribution in [0.1, 0.15) is 17.3 Å². The molecule has 0 spiro atoms. The van der Waals surface area contributed by atoms with E-state index in [1.54, 1.807) is 14.0 Å². The number of benzene rings is 1. The van der Waals surface area contributed by atoms with Gasteiger partial charge in [-0.25, -0.2) is 0 Å². The molecule has 0 atom stereocenters. The Balaban J connectivity index is 1.67. The summed E-state index contributed by atoms with van der Waals surface area (Å²) in [4.78, 5) is 8.33. The number of nitrogens with one attached hydrogen (secondary N) is 2. The molecule has 0 aliphatic carbocycles. The van der Waals surface area contributed by atoms with Gasteiger partial charge in [0.05, 0.1) is 0 Å². The Bertz CT molecular complexity index is 609. The zero-order chi connectivity index (χ0) is 15.8. The van der Waals surface area contributed by atoms with Gasteiger partial charge in [-0.1, -0.05) is 28.9 Å². The molecule has 0 fully saturated rings. The second-order valence-corrected chi connectivity index (χ2v) is 5.22. The maximum Gasteiger partial charge on any atom is 0.228 e. The van der Waals surface area contributed by atoms with Crippen LogP contribution in [0.4, 0.5) is 0 Å². The molecule has 0 aliphatic rings. The van der Waals surface area contributed by atoms with Crippen LogP contribution >= 0.6 is 11.6 Å². The van der Waals surface area contributed by atoms with Crippen LogP contribution in [0.2, 0.25) is 5.02 Å². The lowest BCUT2D eigenvalue weighted by atomic mass is 10.1. The van der Waals surface area contributed by atoms with Crippen molar-refractivity contribution in [1.29, 1.82) is 0 Å². The summed E-state index contributed by atoms with van der Waals surface area (Å²) in [6.45, 7) is 3.28. The number of aliphatic imine (C=N–C) groups is 1. The average Bonchev–Trinajstić information content (AvgIpc) is 2.93. The fourth-order valence-corrected chi connectivity index (χ4v) is 2.05. The average molecular weight is 322 g/mol. The lowest BCUT2D eigenvalue weighted by Crippen LogP contribution is -2.39. The minimum atomic E-state index is 0.626. The van der Waals surface area contributed by atoms with E-state index in [1.807, 2.05) is 24.3 Å². The Hall–Kier alpha value is -2.08. The second-order valence-electron chi connectivity index (χ2n) is 4.79. The minimum Gasteiger partial charge on any atom is -0.356 e. The monoisotopic (exact) mass is 321 g/mol. The number of guanidine groups is 1. The standard InChI is InChI=1S/C15H20ClN5O/c1-11-20-14(22-21-11)8-10-19-15(17-2)18-9-7-12-3-5-13(16)6-4-12/h3-6H,7-10H2,1-2H3,(H2,17,18,19). The zero-order valence-corrected chi connectivity index (χ0v) is 13.5. The van der Waals surface area contributed by atoms with Crippen LogP contribution in [-0.2, 0) is 12.8 Å². The first kappa shape index (κ1) is 16.3. The van der Waals surface area contributed by atoms with E-state index >= 15 is 0 Å². The highest BCUT2D eigenvalue weighted by molar-refractivity contribution is 6.30. The molecule has 0 saturated heterocycles. The van der Waals surface area contributed by atoms with Crippen LogP contribution in [0.15, 0.2) is 33.8 Å². The molecule has 22 heavy (non-hydrogen) atoms. The van der Waals surface area contributed by atoms with Gasteiger partial charge in [-0.15, -0.1) is 0 Å². The topological polar surface area (TPSA) is 75.3 Å². The maximum absolute atomic E-state index is 5.87. The largest absolute Gasteiger partial charge is 0.356 e. The summed E-state index contributed by atoms with van der Waals surface area (Å²) in [6.07, 6.45) is 1.57. The summed E-state index contributed by atoms with van der Waals surface area (Å²) in [5.74, 6) is 2.03. The molecule has 0 bridgehead atoms. The van der Waals surface area contributed by atoms with Gasteiger partial charge in [-0.2, -0.15) is 4.98 Å². The summed E-state index contributed by atoms with van der Waals surface area (Å²) < 4.78 is 5.06. The van der Waals surface area contributed by atoms with E-state index in [0.717, 1.165) is 23.9 Å². The van der Waals surface area contributed by atoms with Gasteiger partial charge < -0.3 is 15.2 Å². The van der Waals surface area contributed by atoms with E-state index in [0.29, 0.717) is 24.7 Å². The third kappa shape index (κ3) is 5.37. The van der Waals surface area contributed by atoms with E-state index in [9.17, 15) is 0 Å². The molecule has 0 saturated carbocycles. The number of aromatic nitrogens is 2. The molecule has 1 heterocycles. The van der Waals surface area contributed by atoms with Crippen LogP contribution in [0.25, 0.3) is 0 Å². The number of hydrogen-bond acceptors (Lipinski definition) is 4. The number of halogens is 1. The van der Waals surface area contributed by atoms with E-state index in [1.165, 1.54) is 5.56 Å². The van der Waals surface area contributed by atoms with Crippen molar-refractivity contribution >= 4 is 17.6 Å².